The molecule has 1 unspecified atom stereocenters. The summed E-state index contributed by atoms with van der Waals surface area (Å²) < 4.78 is 11.6. The van der Waals surface area contributed by atoms with Gasteiger partial charge in [-0.15, -0.1) is 0 Å². The van der Waals surface area contributed by atoms with Crippen LogP contribution in [-0.4, -0.2) is 41.9 Å². The fourth-order valence-corrected chi connectivity index (χ4v) is 2.52. The number of carbonyl (C=O) groups excluding carboxylic acids is 1. The van der Waals surface area contributed by atoms with Crippen LogP contribution in [0.15, 0.2) is 0 Å². The topological polar surface area (TPSA) is 38.8 Å². The van der Waals surface area contributed by atoms with Gasteiger partial charge in [0.15, 0.2) is 0 Å². The lowest BCUT2D eigenvalue weighted by molar-refractivity contribution is -0.0938. The molecular formula is C16H31NO3. The first-order valence-electron chi connectivity index (χ1n) is 7.94. The monoisotopic (exact) mass is 285 g/mol. The van der Waals surface area contributed by atoms with Gasteiger partial charge in [0.25, 0.3) is 0 Å². The predicted molar refractivity (Wildman–Crippen MR) is 80.9 cm³/mol. The van der Waals surface area contributed by atoms with Crippen LogP contribution < -0.4 is 0 Å². The molecule has 1 rings (SSSR count). The summed E-state index contributed by atoms with van der Waals surface area (Å²) in [5.74, 6) is 0. The molecule has 4 nitrogen and oxygen atoms in total. The third kappa shape index (κ3) is 5.31. The second kappa shape index (κ2) is 7.30. The van der Waals surface area contributed by atoms with Crippen molar-refractivity contribution in [2.75, 3.05) is 19.7 Å². The van der Waals surface area contributed by atoms with Crippen molar-refractivity contribution in [3.05, 3.63) is 0 Å². The zero-order valence-electron chi connectivity index (χ0n) is 13.8. The van der Waals surface area contributed by atoms with Gasteiger partial charge in [0.2, 0.25) is 0 Å². The van der Waals surface area contributed by atoms with Gasteiger partial charge in [0.1, 0.15) is 5.60 Å². The third-order valence-electron chi connectivity index (χ3n) is 3.74. The zero-order chi connectivity index (χ0) is 15.2. The molecule has 118 valence electrons. The molecule has 0 aliphatic carbocycles. The zero-order valence-corrected chi connectivity index (χ0v) is 13.8. The summed E-state index contributed by atoms with van der Waals surface area (Å²) in [5.41, 5.74) is -0.614. The lowest BCUT2D eigenvalue weighted by Gasteiger charge is -2.42. The molecule has 1 amide bonds. The number of likely N-dealkylation sites (tertiary alicyclic amines) is 1. The highest BCUT2D eigenvalue weighted by atomic mass is 16.6. The second-order valence-corrected chi connectivity index (χ2v) is 6.74. The van der Waals surface area contributed by atoms with Crippen molar-refractivity contribution in [1.29, 1.82) is 0 Å². The van der Waals surface area contributed by atoms with Gasteiger partial charge in [0.05, 0.1) is 12.1 Å². The van der Waals surface area contributed by atoms with Crippen LogP contribution in [0.4, 0.5) is 4.79 Å². The molecule has 1 atom stereocenters. The number of amides is 1. The Labute approximate surface area is 123 Å². The van der Waals surface area contributed by atoms with Gasteiger partial charge < -0.3 is 14.4 Å². The van der Waals surface area contributed by atoms with Crippen LogP contribution in [0.1, 0.15) is 66.7 Å². The summed E-state index contributed by atoms with van der Waals surface area (Å²) in [4.78, 5) is 14.0. The van der Waals surface area contributed by atoms with E-state index in [0.717, 1.165) is 45.3 Å². The highest BCUT2D eigenvalue weighted by Gasteiger charge is 2.37. The lowest BCUT2D eigenvalue weighted by Crippen LogP contribution is -2.52. The maximum absolute atomic E-state index is 12.2. The van der Waals surface area contributed by atoms with Crippen molar-refractivity contribution in [2.45, 2.75) is 77.9 Å². The molecule has 4 heteroatoms. The molecule has 1 aliphatic heterocycles. The van der Waals surface area contributed by atoms with Crippen LogP contribution in [0.25, 0.3) is 0 Å². The van der Waals surface area contributed by atoms with E-state index in [1.165, 1.54) is 0 Å². The largest absolute Gasteiger partial charge is 0.444 e. The molecule has 1 fully saturated rings. The molecule has 0 radical (unpaired) electrons. The summed E-state index contributed by atoms with van der Waals surface area (Å²) in [6.45, 7) is 12.2. The Morgan fingerprint density at radius 2 is 2.00 bits per heavy atom. The molecular weight excluding hydrogens is 254 g/mol. The summed E-state index contributed by atoms with van der Waals surface area (Å²) in [6, 6.07) is 0. The van der Waals surface area contributed by atoms with Crippen LogP contribution in [0, 0.1) is 0 Å². The van der Waals surface area contributed by atoms with E-state index >= 15 is 0 Å². The minimum atomic E-state index is -0.438. The van der Waals surface area contributed by atoms with E-state index in [2.05, 4.69) is 13.8 Å². The number of ether oxygens (including phenoxy) is 2. The van der Waals surface area contributed by atoms with Gasteiger partial charge in [-0.2, -0.15) is 0 Å². The number of unbranched alkanes of at least 4 members (excludes halogenated alkanes) is 1. The molecule has 20 heavy (non-hydrogen) atoms. The van der Waals surface area contributed by atoms with E-state index in [1.807, 2.05) is 25.7 Å². The Kier molecular flexibility index (Phi) is 6.31. The summed E-state index contributed by atoms with van der Waals surface area (Å²) in [6.07, 6.45) is 4.96. The summed E-state index contributed by atoms with van der Waals surface area (Å²) >= 11 is 0. The Morgan fingerprint density at radius 3 is 2.55 bits per heavy atom. The van der Waals surface area contributed by atoms with E-state index < -0.39 is 5.60 Å². The van der Waals surface area contributed by atoms with Crippen molar-refractivity contribution in [3.8, 4) is 0 Å². The molecule has 0 saturated carbocycles. The van der Waals surface area contributed by atoms with Crippen LogP contribution >= 0.6 is 0 Å². The van der Waals surface area contributed by atoms with Crippen LogP contribution in [0.5, 0.6) is 0 Å². The molecule has 1 aliphatic rings. The number of rotatable bonds is 5. The first-order valence-corrected chi connectivity index (χ1v) is 7.94. The van der Waals surface area contributed by atoms with Gasteiger partial charge in [-0.25, -0.2) is 4.79 Å². The van der Waals surface area contributed by atoms with Crippen molar-refractivity contribution in [2.24, 2.45) is 0 Å². The van der Waals surface area contributed by atoms with Gasteiger partial charge >= 0.3 is 6.09 Å². The van der Waals surface area contributed by atoms with Crippen LogP contribution in [-0.2, 0) is 9.47 Å². The average Bonchev–Trinajstić information content (AvgIpc) is 2.37. The van der Waals surface area contributed by atoms with E-state index in [9.17, 15) is 4.79 Å². The van der Waals surface area contributed by atoms with Crippen molar-refractivity contribution >= 4 is 6.09 Å². The minimum absolute atomic E-state index is 0.176. The van der Waals surface area contributed by atoms with E-state index in [0.29, 0.717) is 6.54 Å². The van der Waals surface area contributed by atoms with Crippen molar-refractivity contribution < 1.29 is 14.3 Å². The first kappa shape index (κ1) is 17.3. The maximum Gasteiger partial charge on any atom is 0.410 e. The van der Waals surface area contributed by atoms with Gasteiger partial charge in [-0.1, -0.05) is 20.3 Å². The number of nitrogens with zero attached hydrogens (tertiary/aromatic N) is 1. The molecule has 1 saturated heterocycles. The SMILES string of the molecule is CCCCOC1(CC)CCCN(C(=O)OC(C)(C)C)C1. The van der Waals surface area contributed by atoms with Crippen LogP contribution in [0.3, 0.4) is 0 Å². The normalized spacial score (nSPS) is 23.8. The lowest BCUT2D eigenvalue weighted by atomic mass is 9.90. The fourth-order valence-electron chi connectivity index (χ4n) is 2.52. The highest BCUT2D eigenvalue weighted by molar-refractivity contribution is 5.68. The maximum atomic E-state index is 12.2. The van der Waals surface area contributed by atoms with Gasteiger partial charge in [0, 0.05) is 13.2 Å². The van der Waals surface area contributed by atoms with E-state index in [4.69, 9.17) is 9.47 Å². The average molecular weight is 285 g/mol. The Hall–Kier alpha value is -0.770. The van der Waals surface area contributed by atoms with E-state index in [1.54, 1.807) is 0 Å². The summed E-state index contributed by atoms with van der Waals surface area (Å²) in [5, 5.41) is 0. The summed E-state index contributed by atoms with van der Waals surface area (Å²) in [7, 11) is 0. The Morgan fingerprint density at radius 1 is 1.30 bits per heavy atom. The quantitative estimate of drug-likeness (QED) is 0.717. The van der Waals surface area contributed by atoms with Crippen LogP contribution in [0.2, 0.25) is 0 Å². The Bertz CT molecular complexity index is 311. The number of hydrogen-bond donors (Lipinski definition) is 0. The Balaban J connectivity index is 2.61. The van der Waals surface area contributed by atoms with Crippen molar-refractivity contribution in [1.82, 2.24) is 4.90 Å². The number of hydrogen-bond acceptors (Lipinski definition) is 3. The molecule has 0 aromatic carbocycles. The molecule has 0 aromatic heterocycles. The minimum Gasteiger partial charge on any atom is -0.444 e. The third-order valence-corrected chi connectivity index (χ3v) is 3.74. The van der Waals surface area contributed by atoms with Gasteiger partial charge in [-0.05, 0) is 46.5 Å². The first-order chi connectivity index (χ1) is 9.32. The number of carbonyl (C=O) groups is 1. The molecule has 0 bridgehead atoms. The smallest absolute Gasteiger partial charge is 0.410 e. The predicted octanol–water partition coefficient (Wildman–Crippen LogP) is 3.98. The number of piperidine rings is 1. The standard InChI is InChI=1S/C16H31NO3/c1-6-8-12-19-16(7-2)10-9-11-17(13-16)14(18)20-15(3,4)5/h6-13H2,1-5H3. The molecule has 1 heterocycles. The van der Waals surface area contributed by atoms with Crippen molar-refractivity contribution in [3.63, 3.8) is 0 Å². The molecule has 0 aromatic rings. The highest BCUT2D eigenvalue weighted by Crippen LogP contribution is 2.29. The molecule has 0 N–H and O–H groups in total. The van der Waals surface area contributed by atoms with Gasteiger partial charge in [-0.3, -0.25) is 0 Å². The second-order valence-electron chi connectivity index (χ2n) is 6.74. The van der Waals surface area contributed by atoms with E-state index in [-0.39, 0.29) is 11.7 Å². The fraction of sp³-hybridized carbons (Fsp3) is 0.938. The molecule has 0 spiro atoms.